The summed E-state index contributed by atoms with van der Waals surface area (Å²) >= 11 is 0. The summed E-state index contributed by atoms with van der Waals surface area (Å²) in [5, 5.41) is 2.73. The van der Waals surface area contributed by atoms with Gasteiger partial charge in [-0.05, 0) is 60.6 Å². The van der Waals surface area contributed by atoms with Crippen molar-refractivity contribution in [1.29, 1.82) is 0 Å². The molecule has 1 aromatic heterocycles. The summed E-state index contributed by atoms with van der Waals surface area (Å²) in [6.45, 7) is 2.71. The van der Waals surface area contributed by atoms with E-state index in [4.69, 9.17) is 0 Å². The van der Waals surface area contributed by atoms with Crippen molar-refractivity contribution in [3.05, 3.63) is 59.4 Å². The number of carbonyl (C=O) groups is 1. The van der Waals surface area contributed by atoms with Crippen LogP contribution in [-0.2, 0) is 29.1 Å². The highest BCUT2D eigenvalue weighted by Gasteiger charge is 2.41. The van der Waals surface area contributed by atoms with Crippen LogP contribution in [0, 0.1) is 11.8 Å². The van der Waals surface area contributed by atoms with Crippen LogP contribution in [0.4, 0.5) is 13.2 Å². The van der Waals surface area contributed by atoms with Crippen molar-refractivity contribution < 1.29 is 26.4 Å². The van der Waals surface area contributed by atoms with E-state index in [1.165, 1.54) is 34.9 Å². The van der Waals surface area contributed by atoms with Crippen LogP contribution in [0.3, 0.4) is 0 Å². The minimum absolute atomic E-state index is 0.00672. The van der Waals surface area contributed by atoms with E-state index in [-0.39, 0.29) is 46.8 Å². The third kappa shape index (κ3) is 5.29. The lowest BCUT2D eigenvalue weighted by Crippen LogP contribution is -2.42. The van der Waals surface area contributed by atoms with Crippen LogP contribution in [0.25, 0.3) is 11.0 Å². The first-order valence-corrected chi connectivity index (χ1v) is 14.4. The van der Waals surface area contributed by atoms with Gasteiger partial charge in [0.1, 0.15) is 0 Å². The van der Waals surface area contributed by atoms with Crippen LogP contribution in [-0.4, -0.2) is 42.2 Å². The molecule has 2 aromatic carbocycles. The first-order valence-electron chi connectivity index (χ1n) is 12.7. The fraction of sp³-hybridized carbons (Fsp3) is 0.462. The number of alkyl halides is 3. The number of nitrogens with one attached hydrogen (secondary N) is 3. The van der Waals surface area contributed by atoms with Crippen molar-refractivity contribution in [1.82, 2.24) is 25.7 Å². The van der Waals surface area contributed by atoms with Gasteiger partial charge in [0.25, 0.3) is 5.91 Å². The van der Waals surface area contributed by atoms with E-state index in [9.17, 15) is 26.4 Å². The van der Waals surface area contributed by atoms with E-state index in [0.29, 0.717) is 17.0 Å². The number of benzene rings is 2. The molecule has 2 heterocycles. The molecule has 1 aliphatic carbocycles. The Kier molecular flexibility index (Phi) is 7.23. The third-order valence-electron chi connectivity index (χ3n) is 7.60. The molecule has 5 rings (SSSR count). The zero-order valence-corrected chi connectivity index (χ0v) is 21.7. The molecule has 3 N–H and O–H groups in total. The first kappa shape index (κ1) is 26.6. The summed E-state index contributed by atoms with van der Waals surface area (Å²) < 4.78 is 67.1. The Morgan fingerprint density at radius 2 is 1.92 bits per heavy atom. The van der Waals surface area contributed by atoms with E-state index >= 15 is 0 Å². The zero-order chi connectivity index (χ0) is 27.1. The number of imidazole rings is 1. The van der Waals surface area contributed by atoms with Gasteiger partial charge in [-0.25, -0.2) is 13.4 Å². The number of fused-ring (bicyclic) bond motifs is 2. The number of hydrogen-bond acceptors (Lipinski definition) is 6. The minimum atomic E-state index is -4.63. The van der Waals surface area contributed by atoms with Gasteiger partial charge < -0.3 is 9.88 Å². The molecule has 0 radical (unpaired) electrons. The molecule has 1 saturated heterocycles. The maximum Gasteiger partial charge on any atom is 0.449 e. The number of hydrazine groups is 1. The molecular formula is C26H30F3N5O3S. The van der Waals surface area contributed by atoms with Gasteiger partial charge >= 0.3 is 6.18 Å². The van der Waals surface area contributed by atoms with E-state index < -0.39 is 27.7 Å². The number of halogens is 3. The number of sulfone groups is 1. The monoisotopic (exact) mass is 549 g/mol. The average molecular weight is 550 g/mol. The highest BCUT2D eigenvalue weighted by molar-refractivity contribution is 7.91. The second-order valence-electron chi connectivity index (χ2n) is 9.98. The lowest BCUT2D eigenvalue weighted by Gasteiger charge is -2.33. The molecule has 0 spiro atoms. The van der Waals surface area contributed by atoms with Gasteiger partial charge in [-0.15, -0.1) is 0 Å². The predicted octanol–water partition coefficient (Wildman–Crippen LogP) is 3.67. The van der Waals surface area contributed by atoms with Gasteiger partial charge in [0.05, 0.1) is 21.7 Å². The average Bonchev–Trinajstić information content (AvgIpc) is 3.53. The number of hydrogen-bond donors (Lipinski definition) is 3. The topological polar surface area (TPSA) is 105 Å². The summed E-state index contributed by atoms with van der Waals surface area (Å²) in [6.07, 6.45) is -1.77. The van der Waals surface area contributed by atoms with Crippen LogP contribution in [0.15, 0.2) is 47.4 Å². The quantitative estimate of drug-likeness (QED) is 0.416. The summed E-state index contributed by atoms with van der Waals surface area (Å²) in [7, 11) is -3.32. The fourth-order valence-electron chi connectivity index (χ4n) is 5.54. The summed E-state index contributed by atoms with van der Waals surface area (Å²) in [6, 6.07) is 10.7. The van der Waals surface area contributed by atoms with E-state index in [1.807, 2.05) is 0 Å². The van der Waals surface area contributed by atoms with Gasteiger partial charge in [0.15, 0.2) is 9.84 Å². The van der Waals surface area contributed by atoms with E-state index in [0.717, 1.165) is 25.8 Å². The molecular weight excluding hydrogens is 519 g/mol. The predicted molar refractivity (Wildman–Crippen MR) is 136 cm³/mol. The van der Waals surface area contributed by atoms with E-state index in [2.05, 4.69) is 21.2 Å². The maximum absolute atomic E-state index is 14.0. The normalized spacial score (nSPS) is 21.9. The van der Waals surface area contributed by atoms with Crippen LogP contribution >= 0.6 is 0 Å². The molecule has 1 saturated carbocycles. The lowest BCUT2D eigenvalue weighted by atomic mass is 9.78. The molecule has 1 amide bonds. The third-order valence-corrected chi connectivity index (χ3v) is 9.35. The molecule has 3 unspecified atom stereocenters. The van der Waals surface area contributed by atoms with Gasteiger partial charge in [-0.3, -0.25) is 15.6 Å². The van der Waals surface area contributed by atoms with Crippen molar-refractivity contribution in [3.63, 3.8) is 0 Å². The lowest BCUT2D eigenvalue weighted by molar-refractivity contribution is -0.147. The van der Waals surface area contributed by atoms with Crippen LogP contribution in [0.5, 0.6) is 0 Å². The largest absolute Gasteiger partial charge is 0.449 e. The molecule has 204 valence electrons. The molecule has 3 atom stereocenters. The molecule has 2 aliphatic rings. The van der Waals surface area contributed by atoms with Crippen molar-refractivity contribution in [2.24, 2.45) is 11.8 Å². The highest BCUT2D eigenvalue weighted by Crippen LogP contribution is 2.36. The number of rotatable bonds is 7. The zero-order valence-electron chi connectivity index (χ0n) is 20.9. The Hall–Kier alpha value is -2.96. The Balaban J connectivity index is 1.35. The number of carbonyl (C=O) groups excluding carboxylic acids is 1. The Morgan fingerprint density at radius 3 is 2.63 bits per heavy atom. The minimum Gasteiger partial charge on any atom is -0.348 e. The number of aromatic nitrogens is 2. The molecule has 0 bridgehead atoms. The molecule has 12 heteroatoms. The number of amides is 1. The van der Waals surface area contributed by atoms with Crippen LogP contribution < -0.4 is 16.2 Å². The summed E-state index contributed by atoms with van der Waals surface area (Å²) in [4.78, 5) is 16.9. The van der Waals surface area contributed by atoms with Crippen molar-refractivity contribution >= 4 is 26.8 Å². The van der Waals surface area contributed by atoms with Crippen molar-refractivity contribution in [2.45, 2.75) is 56.4 Å². The Bertz CT molecular complexity index is 1440. The first-order chi connectivity index (χ1) is 18.1. The van der Waals surface area contributed by atoms with E-state index in [1.54, 1.807) is 19.1 Å². The van der Waals surface area contributed by atoms with Gasteiger partial charge in [-0.1, -0.05) is 25.5 Å². The smallest absolute Gasteiger partial charge is 0.348 e. The van der Waals surface area contributed by atoms with Gasteiger partial charge in [-0.2, -0.15) is 13.2 Å². The van der Waals surface area contributed by atoms with Crippen molar-refractivity contribution in [2.75, 3.05) is 12.3 Å². The molecule has 2 fully saturated rings. The highest BCUT2D eigenvalue weighted by atomic mass is 32.2. The summed E-state index contributed by atoms with van der Waals surface area (Å²) in [5.74, 6) is -0.992. The standard InChI is InChI=1S/C26H30F3N5O3S/c1-2-38(36,37)20-9-6-16(7-10-20)13-30-24(35)17-8-11-22-21(12-17)32-25(26(27,28)29)34(22)15-19-5-3-4-18-14-31-33-23(18)19/h6-12,18-19,23,31,33H,2-5,13-15H2,1H3,(H,30,35). The molecule has 3 aromatic rings. The second kappa shape index (κ2) is 10.3. The molecule has 38 heavy (non-hydrogen) atoms. The fourth-order valence-corrected chi connectivity index (χ4v) is 6.42. The maximum atomic E-state index is 14.0. The second-order valence-corrected chi connectivity index (χ2v) is 12.3. The van der Waals surface area contributed by atoms with Gasteiger partial charge in [0, 0.05) is 31.2 Å². The van der Waals surface area contributed by atoms with Gasteiger partial charge in [0.2, 0.25) is 5.82 Å². The Morgan fingerprint density at radius 1 is 1.16 bits per heavy atom. The van der Waals surface area contributed by atoms with Crippen LogP contribution in [0.2, 0.25) is 0 Å². The summed E-state index contributed by atoms with van der Waals surface area (Å²) in [5.41, 5.74) is 7.73. The SMILES string of the molecule is CCS(=O)(=O)c1ccc(CNC(=O)c2ccc3c(c2)nc(C(F)(F)F)n3CC2CCCC3CNNC32)cc1. The van der Waals surface area contributed by atoms with Crippen LogP contribution in [0.1, 0.15) is 47.9 Å². The molecule has 8 nitrogen and oxygen atoms in total. The molecule has 1 aliphatic heterocycles. The Labute approximate surface area is 218 Å². The number of nitrogens with zero attached hydrogens (tertiary/aromatic N) is 2. The van der Waals surface area contributed by atoms with Crippen molar-refractivity contribution in [3.8, 4) is 0 Å².